The molecule has 0 radical (unpaired) electrons. The largest absolute Gasteiger partial charge is 0.456 e. The van der Waals surface area contributed by atoms with E-state index in [0.717, 1.165) is 22.5 Å². The topological polar surface area (TPSA) is 102 Å². The number of esters is 1. The molecule has 0 saturated carbocycles. The summed E-state index contributed by atoms with van der Waals surface area (Å²) < 4.78 is 31.1. The number of sulfonamides is 1. The van der Waals surface area contributed by atoms with Crippen LogP contribution in [-0.4, -0.2) is 33.4 Å². The average molecular weight is 396 g/mol. The van der Waals surface area contributed by atoms with Gasteiger partial charge in [-0.15, -0.1) is 11.3 Å². The van der Waals surface area contributed by atoms with Crippen molar-refractivity contribution in [2.45, 2.75) is 24.5 Å². The van der Waals surface area contributed by atoms with Crippen LogP contribution < -0.4 is 10.0 Å². The lowest BCUT2D eigenvalue weighted by atomic mass is 10.1. The Hall–Kier alpha value is -2.23. The number of thiophene rings is 1. The van der Waals surface area contributed by atoms with E-state index in [1.54, 1.807) is 17.5 Å². The number of hydrogen-bond donors (Lipinski definition) is 2. The number of ether oxygens (including phenoxy) is 1. The molecule has 1 aromatic carbocycles. The van der Waals surface area contributed by atoms with E-state index in [1.165, 1.54) is 6.07 Å². The van der Waals surface area contributed by atoms with Crippen molar-refractivity contribution in [2.24, 2.45) is 0 Å². The Morgan fingerprint density at radius 3 is 2.58 bits per heavy atom. The third-order valence-corrected chi connectivity index (χ3v) is 6.39. The van der Waals surface area contributed by atoms with Gasteiger partial charge in [0.2, 0.25) is 10.0 Å². The Labute approximate surface area is 156 Å². The van der Waals surface area contributed by atoms with Crippen molar-refractivity contribution in [3.63, 3.8) is 0 Å². The standard InChI is InChI=1S/C17H20N2O5S2/c1-12-5-6-14(10-13(12)2)19-15(20)11-24-16(21)7-8-18-26(22,23)17-4-3-9-25-17/h3-6,9-10,18H,7-8,11H2,1-2H3,(H,19,20). The summed E-state index contributed by atoms with van der Waals surface area (Å²) in [5, 5.41) is 4.29. The van der Waals surface area contributed by atoms with E-state index in [4.69, 9.17) is 4.74 Å². The van der Waals surface area contributed by atoms with Gasteiger partial charge in [0.15, 0.2) is 6.61 Å². The molecule has 7 nitrogen and oxygen atoms in total. The highest BCUT2D eigenvalue weighted by molar-refractivity contribution is 7.91. The first-order valence-corrected chi connectivity index (χ1v) is 10.2. The summed E-state index contributed by atoms with van der Waals surface area (Å²) in [4.78, 5) is 23.4. The summed E-state index contributed by atoms with van der Waals surface area (Å²) in [7, 11) is -3.61. The minimum Gasteiger partial charge on any atom is -0.456 e. The number of nitrogens with one attached hydrogen (secondary N) is 2. The van der Waals surface area contributed by atoms with Gasteiger partial charge in [-0.05, 0) is 48.6 Å². The molecule has 0 spiro atoms. The maximum Gasteiger partial charge on any atom is 0.307 e. The second kappa shape index (κ2) is 8.93. The summed E-state index contributed by atoms with van der Waals surface area (Å²) in [6.07, 6.45) is -0.165. The van der Waals surface area contributed by atoms with Crippen LogP contribution in [0.3, 0.4) is 0 Å². The number of hydrogen-bond acceptors (Lipinski definition) is 6. The molecule has 0 aliphatic carbocycles. The SMILES string of the molecule is Cc1ccc(NC(=O)COC(=O)CCNS(=O)(=O)c2cccs2)cc1C. The van der Waals surface area contributed by atoms with E-state index < -0.39 is 28.5 Å². The maximum atomic E-state index is 11.9. The summed E-state index contributed by atoms with van der Waals surface area (Å²) in [5.74, 6) is -1.12. The molecular weight excluding hydrogens is 376 g/mol. The quantitative estimate of drug-likeness (QED) is 0.666. The highest BCUT2D eigenvalue weighted by atomic mass is 32.2. The van der Waals surface area contributed by atoms with Gasteiger partial charge in [-0.1, -0.05) is 12.1 Å². The summed E-state index contributed by atoms with van der Waals surface area (Å²) in [5.41, 5.74) is 2.77. The van der Waals surface area contributed by atoms with E-state index in [-0.39, 0.29) is 17.2 Å². The lowest BCUT2D eigenvalue weighted by Crippen LogP contribution is -2.27. The number of rotatable bonds is 8. The van der Waals surface area contributed by atoms with E-state index in [0.29, 0.717) is 5.69 Å². The monoisotopic (exact) mass is 396 g/mol. The van der Waals surface area contributed by atoms with Crippen molar-refractivity contribution in [3.05, 3.63) is 46.8 Å². The second-order valence-electron chi connectivity index (χ2n) is 5.59. The summed E-state index contributed by atoms with van der Waals surface area (Å²) in [6, 6.07) is 8.58. The molecule has 1 heterocycles. The molecule has 0 aliphatic rings. The van der Waals surface area contributed by atoms with E-state index in [1.807, 2.05) is 26.0 Å². The van der Waals surface area contributed by atoms with Crippen LogP contribution in [0, 0.1) is 13.8 Å². The van der Waals surface area contributed by atoms with Crippen LogP contribution in [0.15, 0.2) is 39.9 Å². The first-order chi connectivity index (χ1) is 12.3. The maximum absolute atomic E-state index is 11.9. The van der Waals surface area contributed by atoms with Crippen LogP contribution in [0.4, 0.5) is 5.69 Å². The summed E-state index contributed by atoms with van der Waals surface area (Å²) in [6.45, 7) is 3.37. The first kappa shape index (κ1) is 20.1. The van der Waals surface area contributed by atoms with Crippen molar-refractivity contribution in [1.29, 1.82) is 0 Å². The van der Waals surface area contributed by atoms with Gasteiger partial charge in [0, 0.05) is 12.2 Å². The van der Waals surface area contributed by atoms with Crippen LogP contribution in [0.5, 0.6) is 0 Å². The van der Waals surface area contributed by atoms with E-state index in [9.17, 15) is 18.0 Å². The number of aryl methyl sites for hydroxylation is 2. The lowest BCUT2D eigenvalue weighted by Gasteiger charge is -2.09. The van der Waals surface area contributed by atoms with Crippen molar-refractivity contribution in [2.75, 3.05) is 18.5 Å². The van der Waals surface area contributed by atoms with Crippen molar-refractivity contribution in [1.82, 2.24) is 4.72 Å². The zero-order valence-corrected chi connectivity index (χ0v) is 16.1. The fraction of sp³-hybridized carbons (Fsp3) is 0.294. The Morgan fingerprint density at radius 2 is 1.92 bits per heavy atom. The summed E-state index contributed by atoms with van der Waals surface area (Å²) >= 11 is 1.09. The smallest absolute Gasteiger partial charge is 0.307 e. The fourth-order valence-corrected chi connectivity index (χ4v) is 4.08. The number of benzene rings is 1. The van der Waals surface area contributed by atoms with Crippen molar-refractivity contribution >= 4 is 38.9 Å². The Morgan fingerprint density at radius 1 is 1.15 bits per heavy atom. The Balaban J connectivity index is 1.71. The zero-order valence-electron chi connectivity index (χ0n) is 14.4. The zero-order chi connectivity index (χ0) is 19.2. The van der Waals surface area contributed by atoms with E-state index in [2.05, 4.69) is 10.0 Å². The number of amides is 1. The third kappa shape index (κ3) is 5.94. The predicted octanol–water partition coefficient (Wildman–Crippen LogP) is 2.22. The minimum atomic E-state index is -3.61. The van der Waals surface area contributed by atoms with Gasteiger partial charge in [-0.25, -0.2) is 13.1 Å². The predicted molar refractivity (Wildman–Crippen MR) is 99.6 cm³/mol. The van der Waals surface area contributed by atoms with Gasteiger partial charge in [-0.2, -0.15) is 0 Å². The molecular formula is C17H20N2O5S2. The Bertz CT molecular complexity index is 877. The lowest BCUT2D eigenvalue weighted by molar-refractivity contribution is -0.147. The molecule has 2 rings (SSSR count). The molecule has 1 aromatic heterocycles. The Kier molecular flexibility index (Phi) is 6.90. The van der Waals surface area contributed by atoms with Crippen molar-refractivity contribution < 1.29 is 22.7 Å². The van der Waals surface area contributed by atoms with Gasteiger partial charge in [0.25, 0.3) is 5.91 Å². The number of anilines is 1. The van der Waals surface area contributed by atoms with Gasteiger partial charge in [0.05, 0.1) is 6.42 Å². The molecule has 0 unspecified atom stereocenters. The van der Waals surface area contributed by atoms with Crippen LogP contribution in [0.1, 0.15) is 17.5 Å². The number of carbonyl (C=O) groups is 2. The molecule has 0 aliphatic heterocycles. The second-order valence-corrected chi connectivity index (χ2v) is 8.53. The molecule has 2 aromatic rings. The normalized spacial score (nSPS) is 11.2. The molecule has 0 fully saturated rings. The van der Waals surface area contributed by atoms with Crippen LogP contribution in [0.25, 0.3) is 0 Å². The highest BCUT2D eigenvalue weighted by Crippen LogP contribution is 2.15. The first-order valence-electron chi connectivity index (χ1n) is 7.84. The molecule has 2 N–H and O–H groups in total. The molecule has 140 valence electrons. The van der Waals surface area contributed by atoms with Gasteiger partial charge in [-0.3, -0.25) is 9.59 Å². The third-order valence-electron chi connectivity index (χ3n) is 3.54. The highest BCUT2D eigenvalue weighted by Gasteiger charge is 2.15. The molecule has 0 bridgehead atoms. The molecule has 26 heavy (non-hydrogen) atoms. The van der Waals surface area contributed by atoms with Gasteiger partial charge in [0.1, 0.15) is 4.21 Å². The van der Waals surface area contributed by atoms with Gasteiger partial charge >= 0.3 is 5.97 Å². The minimum absolute atomic E-state index is 0.0994. The van der Waals surface area contributed by atoms with Crippen LogP contribution in [-0.2, 0) is 24.3 Å². The average Bonchev–Trinajstić information content (AvgIpc) is 3.12. The van der Waals surface area contributed by atoms with Crippen LogP contribution >= 0.6 is 11.3 Å². The van der Waals surface area contributed by atoms with E-state index >= 15 is 0 Å². The van der Waals surface area contributed by atoms with Gasteiger partial charge < -0.3 is 10.1 Å². The molecule has 0 atom stereocenters. The molecule has 9 heteroatoms. The van der Waals surface area contributed by atoms with Crippen LogP contribution in [0.2, 0.25) is 0 Å². The number of carbonyl (C=O) groups excluding carboxylic acids is 2. The van der Waals surface area contributed by atoms with Crippen molar-refractivity contribution in [3.8, 4) is 0 Å². The molecule has 0 saturated heterocycles. The fourth-order valence-electron chi connectivity index (χ4n) is 2.01. The molecule has 1 amide bonds.